The Bertz CT molecular complexity index is 87.7. The molecule has 0 amide bonds. The predicted octanol–water partition coefficient (Wildman–Crippen LogP) is 0.603. The van der Waals surface area contributed by atoms with E-state index in [0.29, 0.717) is 0 Å². The van der Waals surface area contributed by atoms with Gasteiger partial charge in [-0.2, -0.15) is 12.6 Å². The van der Waals surface area contributed by atoms with E-state index in [4.69, 9.17) is 0 Å². The monoisotopic (exact) mass is 118 g/mol. The largest absolute Gasteiger partial charge is 0.466 e. The molecule has 0 aliphatic carbocycles. The summed E-state index contributed by atoms with van der Waals surface area (Å²) < 4.78 is 4.22. The normalized spacial score (nSPS) is 9.43. The van der Waals surface area contributed by atoms with Gasteiger partial charge in [0.15, 0.2) is 0 Å². The molecule has 0 heterocycles. The number of hydrogen-bond donors (Lipinski definition) is 1. The highest BCUT2D eigenvalue weighted by atomic mass is 32.1. The second-order valence-corrected chi connectivity index (χ2v) is 1.14. The summed E-state index contributed by atoms with van der Waals surface area (Å²) in [5.41, 5.74) is 0. The number of esters is 1. The molecule has 3 heteroatoms. The molecule has 0 N–H and O–H groups in total. The van der Waals surface area contributed by atoms with Gasteiger partial charge in [0, 0.05) is 6.08 Å². The third kappa shape index (κ3) is 3.39. The highest BCUT2D eigenvalue weighted by Gasteiger charge is 1.84. The third-order valence-electron chi connectivity index (χ3n) is 0.412. The summed E-state index contributed by atoms with van der Waals surface area (Å²) in [6.45, 7) is 0. The summed E-state index contributed by atoms with van der Waals surface area (Å²) in [6, 6.07) is 0. The van der Waals surface area contributed by atoms with Crippen LogP contribution in [0.3, 0.4) is 0 Å². The van der Waals surface area contributed by atoms with Gasteiger partial charge in [0.1, 0.15) is 0 Å². The van der Waals surface area contributed by atoms with Gasteiger partial charge in [0.25, 0.3) is 0 Å². The summed E-state index contributed by atoms with van der Waals surface area (Å²) in [5.74, 6) is -0.380. The number of carbonyl (C=O) groups is 1. The molecule has 7 heavy (non-hydrogen) atoms. The fourth-order valence-corrected chi connectivity index (χ4v) is 0.251. The zero-order chi connectivity index (χ0) is 5.70. The van der Waals surface area contributed by atoms with Crippen LogP contribution in [0.5, 0.6) is 0 Å². The number of methoxy groups -OCH3 is 1. The summed E-state index contributed by atoms with van der Waals surface area (Å²) in [7, 11) is 1.32. The van der Waals surface area contributed by atoms with Gasteiger partial charge in [0.05, 0.1) is 7.11 Å². The Balaban J connectivity index is 3.37. The summed E-state index contributed by atoms with van der Waals surface area (Å²) in [6.07, 6.45) is 1.23. The highest BCUT2D eigenvalue weighted by molar-refractivity contribution is 7.83. The Morgan fingerprint density at radius 3 is 2.57 bits per heavy atom. The van der Waals surface area contributed by atoms with Crippen LogP contribution >= 0.6 is 12.6 Å². The molecule has 0 unspecified atom stereocenters. The van der Waals surface area contributed by atoms with Gasteiger partial charge < -0.3 is 4.74 Å². The van der Waals surface area contributed by atoms with E-state index in [1.165, 1.54) is 18.6 Å². The van der Waals surface area contributed by atoms with E-state index in [9.17, 15) is 4.79 Å². The SMILES string of the molecule is COC(=O)/C=C\S. The van der Waals surface area contributed by atoms with Gasteiger partial charge in [0.2, 0.25) is 0 Å². The van der Waals surface area contributed by atoms with Crippen LogP contribution in [0.1, 0.15) is 0 Å². The summed E-state index contributed by atoms with van der Waals surface area (Å²) in [4.78, 5) is 10.1. The summed E-state index contributed by atoms with van der Waals surface area (Å²) in [5, 5.41) is 1.33. The molecule has 0 radical (unpaired) electrons. The lowest BCUT2D eigenvalue weighted by molar-refractivity contribution is -0.134. The maximum Gasteiger partial charge on any atom is 0.330 e. The van der Waals surface area contributed by atoms with E-state index in [2.05, 4.69) is 17.4 Å². The van der Waals surface area contributed by atoms with Crippen molar-refractivity contribution in [2.24, 2.45) is 0 Å². The number of hydrogen-bond acceptors (Lipinski definition) is 3. The second-order valence-electron chi connectivity index (χ2n) is 0.839. The van der Waals surface area contributed by atoms with Crippen LogP contribution in [-0.4, -0.2) is 13.1 Å². The first kappa shape index (κ1) is 6.56. The zero-order valence-electron chi connectivity index (χ0n) is 3.92. The van der Waals surface area contributed by atoms with E-state index >= 15 is 0 Å². The maximum absolute atomic E-state index is 10.1. The molecule has 0 fully saturated rings. The van der Waals surface area contributed by atoms with Crippen LogP contribution in [0.2, 0.25) is 0 Å². The molecule has 40 valence electrons. The first-order valence-electron chi connectivity index (χ1n) is 1.70. The minimum Gasteiger partial charge on any atom is -0.466 e. The van der Waals surface area contributed by atoms with Crippen LogP contribution in [-0.2, 0) is 9.53 Å². The van der Waals surface area contributed by atoms with E-state index in [1.807, 2.05) is 0 Å². The van der Waals surface area contributed by atoms with Crippen molar-refractivity contribution in [3.63, 3.8) is 0 Å². The molecule has 0 aromatic heterocycles. The van der Waals surface area contributed by atoms with E-state index in [-0.39, 0.29) is 5.97 Å². The molecule has 0 bridgehead atoms. The first-order valence-corrected chi connectivity index (χ1v) is 2.21. The van der Waals surface area contributed by atoms with Gasteiger partial charge in [-0.1, -0.05) is 0 Å². The molecular weight excluding hydrogens is 112 g/mol. The van der Waals surface area contributed by atoms with E-state index in [0.717, 1.165) is 0 Å². The molecule has 0 aromatic carbocycles. The second kappa shape index (κ2) is 3.74. The fraction of sp³-hybridized carbons (Fsp3) is 0.250. The molecular formula is C4H6O2S. The van der Waals surface area contributed by atoms with Crippen molar-refractivity contribution in [1.82, 2.24) is 0 Å². The smallest absolute Gasteiger partial charge is 0.330 e. The molecule has 0 rings (SSSR count). The van der Waals surface area contributed by atoms with Crippen molar-refractivity contribution in [1.29, 1.82) is 0 Å². The van der Waals surface area contributed by atoms with Gasteiger partial charge in [-0.3, -0.25) is 0 Å². The lowest BCUT2D eigenvalue weighted by Gasteiger charge is -1.84. The molecule has 0 spiro atoms. The zero-order valence-corrected chi connectivity index (χ0v) is 4.81. The van der Waals surface area contributed by atoms with Crippen molar-refractivity contribution in [2.75, 3.05) is 7.11 Å². The van der Waals surface area contributed by atoms with Crippen LogP contribution < -0.4 is 0 Å². The minimum atomic E-state index is -0.380. The topological polar surface area (TPSA) is 26.3 Å². The van der Waals surface area contributed by atoms with Crippen molar-refractivity contribution in [3.8, 4) is 0 Å². The molecule has 2 nitrogen and oxygen atoms in total. The van der Waals surface area contributed by atoms with Crippen molar-refractivity contribution >= 4 is 18.6 Å². The fourth-order valence-electron chi connectivity index (χ4n) is 0.129. The lowest BCUT2D eigenvalue weighted by atomic mass is 10.7. The van der Waals surface area contributed by atoms with Gasteiger partial charge in [-0.05, 0) is 5.41 Å². The predicted molar refractivity (Wildman–Crippen MR) is 30.1 cm³/mol. The number of carbonyl (C=O) groups excluding carboxylic acids is 1. The van der Waals surface area contributed by atoms with E-state index < -0.39 is 0 Å². The first-order chi connectivity index (χ1) is 3.31. The minimum absolute atomic E-state index is 0.380. The van der Waals surface area contributed by atoms with E-state index in [1.54, 1.807) is 0 Å². The molecule has 0 atom stereocenters. The van der Waals surface area contributed by atoms with Gasteiger partial charge in [-0.15, -0.1) is 0 Å². The van der Waals surface area contributed by atoms with Gasteiger partial charge in [-0.25, -0.2) is 4.79 Å². The number of thiol groups is 1. The molecule has 0 saturated heterocycles. The van der Waals surface area contributed by atoms with Gasteiger partial charge >= 0.3 is 5.97 Å². The molecule has 0 aliphatic rings. The standard InChI is InChI=1S/C4H6O2S/c1-6-4(5)2-3-7/h2-3,7H,1H3/b3-2-. The maximum atomic E-state index is 10.1. The Morgan fingerprint density at radius 2 is 2.43 bits per heavy atom. The number of ether oxygens (including phenoxy) is 1. The van der Waals surface area contributed by atoms with Crippen LogP contribution in [0.15, 0.2) is 11.5 Å². The van der Waals surface area contributed by atoms with Crippen molar-refractivity contribution < 1.29 is 9.53 Å². The van der Waals surface area contributed by atoms with Crippen LogP contribution in [0.25, 0.3) is 0 Å². The quantitative estimate of drug-likeness (QED) is 0.310. The Kier molecular flexibility index (Phi) is 3.50. The molecule has 0 aliphatic heterocycles. The highest BCUT2D eigenvalue weighted by Crippen LogP contribution is 1.78. The van der Waals surface area contributed by atoms with Crippen LogP contribution in [0, 0.1) is 0 Å². The van der Waals surface area contributed by atoms with Crippen molar-refractivity contribution in [2.45, 2.75) is 0 Å². The Hall–Kier alpha value is -0.440. The summed E-state index contributed by atoms with van der Waals surface area (Å²) >= 11 is 3.63. The van der Waals surface area contributed by atoms with Crippen molar-refractivity contribution in [3.05, 3.63) is 11.5 Å². The Labute approximate surface area is 47.6 Å². The molecule has 0 saturated carbocycles. The average Bonchev–Trinajstić information content (AvgIpc) is 1.68. The lowest BCUT2D eigenvalue weighted by Crippen LogP contribution is -1.92. The van der Waals surface area contributed by atoms with Crippen LogP contribution in [0.4, 0.5) is 0 Å². The Morgan fingerprint density at radius 1 is 1.86 bits per heavy atom. The average molecular weight is 118 g/mol. The molecule has 0 aromatic rings. The number of rotatable bonds is 1. The third-order valence-corrected chi connectivity index (χ3v) is 0.561.